The first-order chi connectivity index (χ1) is 11.3. The summed E-state index contributed by atoms with van der Waals surface area (Å²) >= 11 is 0. The van der Waals surface area contributed by atoms with Crippen LogP contribution in [0.3, 0.4) is 0 Å². The Balaban J connectivity index is 2.32. The molecule has 24 heavy (non-hydrogen) atoms. The van der Waals surface area contributed by atoms with Gasteiger partial charge in [-0.05, 0) is 31.5 Å². The fraction of sp³-hybridized carbons (Fsp3) is 0.286. The van der Waals surface area contributed by atoms with Crippen molar-refractivity contribution >= 4 is 0 Å². The van der Waals surface area contributed by atoms with E-state index >= 15 is 0 Å². The van der Waals surface area contributed by atoms with Crippen LogP contribution in [0.5, 0.6) is 5.75 Å². The van der Waals surface area contributed by atoms with E-state index in [9.17, 15) is 5.11 Å². The molecule has 2 aromatic carbocycles. The molecule has 0 saturated heterocycles. The van der Waals surface area contributed by atoms with Crippen LogP contribution in [0.15, 0.2) is 48.5 Å². The number of rotatable bonds is 2. The topological polar surface area (TPSA) is 38.0 Å². The molecule has 0 amide bonds. The molecule has 0 spiro atoms. The number of aryl methyl sites for hydroxylation is 2. The molecule has 0 bridgehead atoms. The SMILES string of the molecule is Cc1ccc(-n2nc(C(C)(C)C)c(O)c2-c2ccccc2C)cc1. The molecular formula is C21H24N2O. The molecule has 1 heterocycles. The molecular weight excluding hydrogens is 296 g/mol. The van der Waals surface area contributed by atoms with Crippen molar-refractivity contribution in [3.05, 3.63) is 65.4 Å². The van der Waals surface area contributed by atoms with Gasteiger partial charge in [-0.1, -0.05) is 62.7 Å². The molecule has 0 radical (unpaired) electrons. The number of hydrogen-bond acceptors (Lipinski definition) is 2. The number of hydrogen-bond donors (Lipinski definition) is 1. The minimum atomic E-state index is -0.239. The third-order valence-corrected chi connectivity index (χ3v) is 4.25. The standard InChI is InChI=1S/C21H24N2O/c1-14-10-12-16(13-11-14)23-18(17-9-7-6-8-15(17)2)19(24)20(22-23)21(3,4)5/h6-13,24H,1-5H3. The molecule has 0 aliphatic carbocycles. The molecule has 0 atom stereocenters. The third kappa shape index (κ3) is 2.82. The Kier molecular flexibility index (Phi) is 3.96. The summed E-state index contributed by atoms with van der Waals surface area (Å²) in [4.78, 5) is 0. The maximum absolute atomic E-state index is 11.0. The normalized spacial score (nSPS) is 11.7. The monoisotopic (exact) mass is 320 g/mol. The van der Waals surface area contributed by atoms with Crippen LogP contribution in [0.1, 0.15) is 37.6 Å². The van der Waals surface area contributed by atoms with E-state index in [1.807, 2.05) is 35.0 Å². The molecule has 0 aliphatic rings. The van der Waals surface area contributed by atoms with Crippen LogP contribution in [0, 0.1) is 13.8 Å². The van der Waals surface area contributed by atoms with E-state index in [1.165, 1.54) is 5.56 Å². The highest BCUT2D eigenvalue weighted by molar-refractivity contribution is 5.73. The van der Waals surface area contributed by atoms with Gasteiger partial charge in [-0.2, -0.15) is 5.10 Å². The summed E-state index contributed by atoms with van der Waals surface area (Å²) in [5.74, 6) is 0.261. The Morgan fingerprint density at radius 1 is 0.917 bits per heavy atom. The molecule has 3 nitrogen and oxygen atoms in total. The van der Waals surface area contributed by atoms with Gasteiger partial charge in [0.1, 0.15) is 11.4 Å². The van der Waals surface area contributed by atoms with E-state index in [2.05, 4.69) is 52.8 Å². The molecule has 1 aromatic heterocycles. The first-order valence-electron chi connectivity index (χ1n) is 8.24. The Labute approximate surface area is 143 Å². The number of benzene rings is 2. The minimum absolute atomic E-state index is 0.239. The van der Waals surface area contributed by atoms with Crippen molar-refractivity contribution in [2.45, 2.75) is 40.0 Å². The molecule has 124 valence electrons. The lowest BCUT2D eigenvalue weighted by Crippen LogP contribution is -2.12. The summed E-state index contributed by atoms with van der Waals surface area (Å²) in [7, 11) is 0. The van der Waals surface area contributed by atoms with E-state index < -0.39 is 0 Å². The molecule has 0 unspecified atom stereocenters. The van der Waals surface area contributed by atoms with Gasteiger partial charge in [0.2, 0.25) is 0 Å². The molecule has 3 aromatic rings. The average molecular weight is 320 g/mol. The van der Waals surface area contributed by atoms with E-state index in [0.717, 1.165) is 22.5 Å². The van der Waals surface area contributed by atoms with E-state index in [0.29, 0.717) is 5.69 Å². The fourth-order valence-electron chi connectivity index (χ4n) is 2.87. The molecule has 3 heteroatoms. The summed E-state index contributed by atoms with van der Waals surface area (Å²) < 4.78 is 1.86. The van der Waals surface area contributed by atoms with E-state index in [-0.39, 0.29) is 11.2 Å². The van der Waals surface area contributed by atoms with Crippen molar-refractivity contribution in [1.29, 1.82) is 0 Å². The average Bonchev–Trinajstić information content (AvgIpc) is 2.86. The molecule has 1 N–H and O–H groups in total. The lowest BCUT2D eigenvalue weighted by atomic mass is 9.90. The zero-order valence-corrected chi connectivity index (χ0v) is 15.0. The van der Waals surface area contributed by atoms with Crippen LogP contribution >= 0.6 is 0 Å². The van der Waals surface area contributed by atoms with Crippen molar-refractivity contribution in [3.63, 3.8) is 0 Å². The van der Waals surface area contributed by atoms with Crippen LogP contribution in [-0.4, -0.2) is 14.9 Å². The summed E-state index contributed by atoms with van der Waals surface area (Å²) in [6.45, 7) is 10.3. The van der Waals surface area contributed by atoms with Gasteiger partial charge in [0, 0.05) is 11.0 Å². The van der Waals surface area contributed by atoms with E-state index in [4.69, 9.17) is 5.10 Å². The summed E-state index contributed by atoms with van der Waals surface area (Å²) in [6, 6.07) is 16.3. The fourth-order valence-corrected chi connectivity index (χ4v) is 2.87. The van der Waals surface area contributed by atoms with Crippen LogP contribution in [0.2, 0.25) is 0 Å². The highest BCUT2D eigenvalue weighted by Gasteiger charge is 2.28. The van der Waals surface area contributed by atoms with Gasteiger partial charge >= 0.3 is 0 Å². The predicted octanol–water partition coefficient (Wildman–Crippen LogP) is 5.16. The second-order valence-corrected chi connectivity index (χ2v) is 7.36. The molecule has 0 aliphatic heterocycles. The van der Waals surface area contributed by atoms with Gasteiger partial charge in [0.15, 0.2) is 5.75 Å². The number of nitrogens with zero attached hydrogens (tertiary/aromatic N) is 2. The zero-order valence-electron chi connectivity index (χ0n) is 15.0. The van der Waals surface area contributed by atoms with Gasteiger partial charge < -0.3 is 5.11 Å². The van der Waals surface area contributed by atoms with Crippen molar-refractivity contribution < 1.29 is 5.11 Å². The quantitative estimate of drug-likeness (QED) is 0.708. The van der Waals surface area contributed by atoms with Crippen LogP contribution in [0.25, 0.3) is 16.9 Å². The van der Waals surface area contributed by atoms with Crippen molar-refractivity contribution in [1.82, 2.24) is 9.78 Å². The summed E-state index contributed by atoms with van der Waals surface area (Å²) in [6.07, 6.45) is 0. The van der Waals surface area contributed by atoms with Crippen molar-refractivity contribution in [2.75, 3.05) is 0 Å². The zero-order chi connectivity index (χ0) is 17.5. The van der Waals surface area contributed by atoms with Crippen LogP contribution in [-0.2, 0) is 5.41 Å². The maximum atomic E-state index is 11.0. The van der Waals surface area contributed by atoms with Gasteiger partial charge in [-0.15, -0.1) is 0 Å². The highest BCUT2D eigenvalue weighted by Crippen LogP contribution is 2.40. The molecule has 0 saturated carbocycles. The van der Waals surface area contributed by atoms with Gasteiger partial charge in [0.05, 0.1) is 5.69 Å². The Hall–Kier alpha value is -2.55. The van der Waals surface area contributed by atoms with Crippen LogP contribution in [0.4, 0.5) is 0 Å². The molecule has 3 rings (SSSR count). The number of aromatic nitrogens is 2. The third-order valence-electron chi connectivity index (χ3n) is 4.25. The van der Waals surface area contributed by atoms with Crippen LogP contribution < -0.4 is 0 Å². The second kappa shape index (κ2) is 5.82. The number of aromatic hydroxyl groups is 1. The van der Waals surface area contributed by atoms with Crippen molar-refractivity contribution in [3.8, 4) is 22.7 Å². The minimum Gasteiger partial charge on any atom is -0.504 e. The second-order valence-electron chi connectivity index (χ2n) is 7.36. The highest BCUT2D eigenvalue weighted by atomic mass is 16.3. The molecule has 0 fully saturated rings. The predicted molar refractivity (Wildman–Crippen MR) is 98.8 cm³/mol. The first-order valence-corrected chi connectivity index (χ1v) is 8.24. The lowest BCUT2D eigenvalue weighted by molar-refractivity contribution is 0.445. The van der Waals surface area contributed by atoms with E-state index in [1.54, 1.807) is 0 Å². The summed E-state index contributed by atoms with van der Waals surface area (Å²) in [5, 5.41) is 15.7. The largest absolute Gasteiger partial charge is 0.504 e. The van der Waals surface area contributed by atoms with Gasteiger partial charge in [0.25, 0.3) is 0 Å². The smallest absolute Gasteiger partial charge is 0.166 e. The Morgan fingerprint density at radius 2 is 1.54 bits per heavy atom. The first kappa shape index (κ1) is 16.3. The maximum Gasteiger partial charge on any atom is 0.166 e. The van der Waals surface area contributed by atoms with Gasteiger partial charge in [-0.3, -0.25) is 0 Å². The van der Waals surface area contributed by atoms with Gasteiger partial charge in [-0.25, -0.2) is 4.68 Å². The lowest BCUT2D eigenvalue weighted by Gasteiger charge is -2.15. The Morgan fingerprint density at radius 3 is 2.12 bits per heavy atom. The van der Waals surface area contributed by atoms with Crippen molar-refractivity contribution in [2.24, 2.45) is 0 Å². The summed E-state index contributed by atoms with van der Waals surface area (Å²) in [5.41, 5.74) is 5.48. The Bertz CT molecular complexity index is 868.